The summed E-state index contributed by atoms with van der Waals surface area (Å²) in [7, 11) is 1.49. The van der Waals surface area contributed by atoms with Crippen molar-refractivity contribution in [2.45, 2.75) is 0 Å². The maximum absolute atomic E-state index is 11.7. The first-order valence-corrected chi connectivity index (χ1v) is 5.50. The molecule has 0 aliphatic rings. The zero-order valence-corrected chi connectivity index (χ0v) is 10.5. The molecular formula is C10H14BrN3O2. The SMILES string of the molecule is COc1cc(N)c(Br)cc1C(=O)NCCN. The number of benzene rings is 1. The molecule has 0 radical (unpaired) electrons. The van der Waals surface area contributed by atoms with Crippen LogP contribution < -0.4 is 21.5 Å². The summed E-state index contributed by atoms with van der Waals surface area (Å²) in [5.41, 5.74) is 11.9. The first-order chi connectivity index (χ1) is 7.60. The lowest BCUT2D eigenvalue weighted by Gasteiger charge is -2.10. The zero-order valence-electron chi connectivity index (χ0n) is 8.92. The average molecular weight is 288 g/mol. The molecule has 0 unspecified atom stereocenters. The van der Waals surface area contributed by atoms with Crippen LogP contribution in [-0.4, -0.2) is 26.1 Å². The van der Waals surface area contributed by atoms with Gasteiger partial charge in [0, 0.05) is 29.3 Å². The second-order valence-corrected chi connectivity index (χ2v) is 3.97. The van der Waals surface area contributed by atoms with Gasteiger partial charge in [-0.3, -0.25) is 4.79 Å². The van der Waals surface area contributed by atoms with Crippen molar-refractivity contribution >= 4 is 27.5 Å². The molecule has 88 valence electrons. The molecule has 0 fully saturated rings. The van der Waals surface area contributed by atoms with Gasteiger partial charge in [0.1, 0.15) is 5.75 Å². The molecule has 1 aromatic rings. The Hall–Kier alpha value is -1.27. The predicted molar refractivity (Wildman–Crippen MR) is 66.5 cm³/mol. The minimum Gasteiger partial charge on any atom is -0.496 e. The molecule has 0 aliphatic carbocycles. The fourth-order valence-corrected chi connectivity index (χ4v) is 1.54. The van der Waals surface area contributed by atoms with E-state index in [1.807, 2.05) is 0 Å². The molecule has 0 saturated carbocycles. The summed E-state index contributed by atoms with van der Waals surface area (Å²) in [6.45, 7) is 0.814. The second-order valence-electron chi connectivity index (χ2n) is 3.12. The Morgan fingerprint density at radius 1 is 1.56 bits per heavy atom. The van der Waals surface area contributed by atoms with Crippen LogP contribution in [0, 0.1) is 0 Å². The highest BCUT2D eigenvalue weighted by Crippen LogP contribution is 2.28. The van der Waals surface area contributed by atoms with Gasteiger partial charge in [-0.15, -0.1) is 0 Å². The van der Waals surface area contributed by atoms with Crippen LogP contribution >= 0.6 is 15.9 Å². The summed E-state index contributed by atoms with van der Waals surface area (Å²) in [5, 5.41) is 2.66. The fraction of sp³-hybridized carbons (Fsp3) is 0.300. The standard InChI is InChI=1S/C10H14BrN3O2/c1-16-9-5-8(13)7(11)4-6(9)10(15)14-3-2-12/h4-5H,2-3,12-13H2,1H3,(H,14,15). The summed E-state index contributed by atoms with van der Waals surface area (Å²) < 4.78 is 5.75. The van der Waals surface area contributed by atoms with Crippen LogP contribution in [0.15, 0.2) is 16.6 Å². The van der Waals surface area contributed by atoms with E-state index in [-0.39, 0.29) is 5.91 Å². The van der Waals surface area contributed by atoms with Crippen molar-refractivity contribution in [1.29, 1.82) is 0 Å². The summed E-state index contributed by atoms with van der Waals surface area (Å²) in [6.07, 6.45) is 0. The van der Waals surface area contributed by atoms with E-state index in [2.05, 4.69) is 21.2 Å². The third-order valence-corrected chi connectivity index (χ3v) is 2.68. The number of nitrogens with one attached hydrogen (secondary N) is 1. The van der Waals surface area contributed by atoms with E-state index in [1.54, 1.807) is 12.1 Å². The number of hydrogen-bond acceptors (Lipinski definition) is 4. The number of halogens is 1. The molecule has 0 heterocycles. The van der Waals surface area contributed by atoms with Gasteiger partial charge >= 0.3 is 0 Å². The van der Waals surface area contributed by atoms with E-state index in [0.717, 1.165) is 0 Å². The predicted octanol–water partition coefficient (Wildman–Crippen LogP) is 0.728. The lowest BCUT2D eigenvalue weighted by atomic mass is 10.1. The van der Waals surface area contributed by atoms with Crippen LogP contribution in [0.2, 0.25) is 0 Å². The van der Waals surface area contributed by atoms with Gasteiger partial charge in [-0.25, -0.2) is 0 Å². The van der Waals surface area contributed by atoms with E-state index in [9.17, 15) is 4.79 Å². The highest BCUT2D eigenvalue weighted by molar-refractivity contribution is 9.10. The topological polar surface area (TPSA) is 90.4 Å². The monoisotopic (exact) mass is 287 g/mol. The Morgan fingerprint density at radius 3 is 2.81 bits per heavy atom. The van der Waals surface area contributed by atoms with E-state index < -0.39 is 0 Å². The first-order valence-electron chi connectivity index (χ1n) is 4.71. The van der Waals surface area contributed by atoms with Crippen molar-refractivity contribution in [3.63, 3.8) is 0 Å². The molecule has 16 heavy (non-hydrogen) atoms. The maximum Gasteiger partial charge on any atom is 0.255 e. The Balaban J connectivity index is 3.02. The van der Waals surface area contributed by atoms with Gasteiger partial charge in [-0.1, -0.05) is 0 Å². The minimum absolute atomic E-state index is 0.233. The van der Waals surface area contributed by atoms with Crippen LogP contribution in [0.25, 0.3) is 0 Å². The van der Waals surface area contributed by atoms with Crippen molar-refractivity contribution in [2.24, 2.45) is 5.73 Å². The quantitative estimate of drug-likeness (QED) is 0.712. The van der Waals surface area contributed by atoms with Crippen molar-refractivity contribution < 1.29 is 9.53 Å². The summed E-state index contributed by atoms with van der Waals surface area (Å²) in [5.74, 6) is 0.207. The van der Waals surface area contributed by atoms with Crippen LogP contribution in [0.1, 0.15) is 10.4 Å². The molecule has 0 atom stereocenters. The highest BCUT2D eigenvalue weighted by atomic mass is 79.9. The molecule has 0 aliphatic heterocycles. The molecule has 1 aromatic carbocycles. The Kier molecular flexibility index (Phi) is 4.57. The molecule has 1 rings (SSSR count). The summed E-state index contributed by atoms with van der Waals surface area (Å²) in [4.78, 5) is 11.7. The summed E-state index contributed by atoms with van der Waals surface area (Å²) in [6, 6.07) is 3.22. The van der Waals surface area contributed by atoms with Gasteiger partial charge in [-0.05, 0) is 22.0 Å². The number of nitrogen functional groups attached to an aromatic ring is 1. The molecule has 6 heteroatoms. The normalized spacial score (nSPS) is 9.94. The molecule has 0 bridgehead atoms. The second kappa shape index (κ2) is 5.72. The van der Waals surface area contributed by atoms with Gasteiger partial charge in [0.15, 0.2) is 0 Å². The van der Waals surface area contributed by atoms with Crippen LogP contribution in [-0.2, 0) is 0 Å². The fourth-order valence-electron chi connectivity index (χ4n) is 1.20. The third-order valence-electron chi connectivity index (χ3n) is 1.99. The Morgan fingerprint density at radius 2 is 2.25 bits per heavy atom. The van der Waals surface area contributed by atoms with Gasteiger partial charge in [0.2, 0.25) is 0 Å². The lowest BCUT2D eigenvalue weighted by molar-refractivity contribution is 0.0951. The smallest absolute Gasteiger partial charge is 0.255 e. The van der Waals surface area contributed by atoms with Crippen LogP contribution in [0.5, 0.6) is 5.75 Å². The molecule has 0 saturated heterocycles. The Labute approximate surface area is 102 Å². The number of carbonyl (C=O) groups excluding carboxylic acids is 1. The van der Waals surface area contributed by atoms with Gasteiger partial charge in [-0.2, -0.15) is 0 Å². The number of amides is 1. The van der Waals surface area contributed by atoms with Gasteiger partial charge in [0.05, 0.1) is 12.7 Å². The van der Waals surface area contributed by atoms with Crippen molar-refractivity contribution in [2.75, 3.05) is 25.9 Å². The van der Waals surface area contributed by atoms with Gasteiger partial charge < -0.3 is 21.5 Å². The molecule has 5 nitrogen and oxygen atoms in total. The largest absolute Gasteiger partial charge is 0.496 e. The number of methoxy groups -OCH3 is 1. The summed E-state index contributed by atoms with van der Waals surface area (Å²) >= 11 is 3.26. The minimum atomic E-state index is -0.233. The van der Waals surface area contributed by atoms with E-state index >= 15 is 0 Å². The number of hydrogen-bond donors (Lipinski definition) is 3. The number of nitrogens with two attached hydrogens (primary N) is 2. The maximum atomic E-state index is 11.7. The highest BCUT2D eigenvalue weighted by Gasteiger charge is 2.13. The molecule has 5 N–H and O–H groups in total. The van der Waals surface area contributed by atoms with E-state index in [0.29, 0.717) is 34.6 Å². The number of anilines is 1. The molecule has 0 aromatic heterocycles. The van der Waals surface area contributed by atoms with Crippen molar-refractivity contribution in [3.8, 4) is 5.75 Å². The van der Waals surface area contributed by atoms with Gasteiger partial charge in [0.25, 0.3) is 5.91 Å². The number of ether oxygens (including phenoxy) is 1. The Bertz CT molecular complexity index is 396. The number of carbonyl (C=O) groups is 1. The molecule has 1 amide bonds. The average Bonchev–Trinajstić information content (AvgIpc) is 2.28. The van der Waals surface area contributed by atoms with E-state index in [4.69, 9.17) is 16.2 Å². The number of rotatable bonds is 4. The molecule has 0 spiro atoms. The van der Waals surface area contributed by atoms with Crippen LogP contribution in [0.3, 0.4) is 0 Å². The van der Waals surface area contributed by atoms with Crippen molar-refractivity contribution in [1.82, 2.24) is 5.32 Å². The third kappa shape index (κ3) is 2.86. The van der Waals surface area contributed by atoms with Crippen molar-refractivity contribution in [3.05, 3.63) is 22.2 Å². The first kappa shape index (κ1) is 12.8. The lowest BCUT2D eigenvalue weighted by Crippen LogP contribution is -2.29. The molecular weight excluding hydrogens is 274 g/mol. The van der Waals surface area contributed by atoms with E-state index in [1.165, 1.54) is 7.11 Å². The zero-order chi connectivity index (χ0) is 12.1. The van der Waals surface area contributed by atoms with Crippen LogP contribution in [0.4, 0.5) is 5.69 Å².